The number of anilines is 1. The average Bonchev–Trinajstić information content (AvgIpc) is 3.07. The summed E-state index contributed by atoms with van der Waals surface area (Å²) >= 11 is 0. The fourth-order valence-electron chi connectivity index (χ4n) is 3.71. The number of fused-ring (bicyclic) bond motifs is 1. The minimum Gasteiger partial charge on any atom is -0.354 e. The average molecular weight is 332 g/mol. The molecule has 0 saturated carbocycles. The number of aryl methyl sites for hydroxylation is 1. The number of aromatic nitrogens is 4. The lowest BCUT2D eigenvalue weighted by Crippen LogP contribution is -2.37. The SMILES string of the molecule is CCc1nc2ccccc2n1C1CCCN(c2cc(C#N)ncn2)C1. The van der Waals surface area contributed by atoms with E-state index in [0.29, 0.717) is 11.7 Å². The van der Waals surface area contributed by atoms with Gasteiger partial charge in [0, 0.05) is 25.6 Å². The third kappa shape index (κ3) is 2.82. The van der Waals surface area contributed by atoms with Gasteiger partial charge in [-0.1, -0.05) is 19.1 Å². The molecule has 1 aliphatic heterocycles. The van der Waals surface area contributed by atoms with Crippen LogP contribution in [0.15, 0.2) is 36.7 Å². The van der Waals surface area contributed by atoms with E-state index in [1.807, 2.05) is 6.07 Å². The summed E-state index contributed by atoms with van der Waals surface area (Å²) in [6.45, 7) is 3.98. The molecule has 1 saturated heterocycles. The number of hydrogen-bond acceptors (Lipinski definition) is 5. The quantitative estimate of drug-likeness (QED) is 0.737. The van der Waals surface area contributed by atoms with Crippen LogP contribution >= 0.6 is 0 Å². The van der Waals surface area contributed by atoms with Crippen molar-refractivity contribution in [3.05, 3.63) is 48.2 Å². The Kier molecular flexibility index (Phi) is 4.06. The van der Waals surface area contributed by atoms with Crippen LogP contribution in [-0.4, -0.2) is 32.6 Å². The maximum atomic E-state index is 9.08. The second kappa shape index (κ2) is 6.52. The first-order chi connectivity index (χ1) is 12.3. The summed E-state index contributed by atoms with van der Waals surface area (Å²) in [6.07, 6.45) is 4.60. The van der Waals surface area contributed by atoms with Gasteiger partial charge in [0.15, 0.2) is 0 Å². The Morgan fingerprint density at radius 3 is 3.00 bits per heavy atom. The van der Waals surface area contributed by atoms with Gasteiger partial charge in [-0.05, 0) is 25.0 Å². The number of rotatable bonds is 3. The normalized spacial score (nSPS) is 17.6. The third-order valence-electron chi connectivity index (χ3n) is 4.84. The lowest BCUT2D eigenvalue weighted by molar-refractivity contribution is 0.402. The molecule has 6 nitrogen and oxygen atoms in total. The number of para-hydroxylation sites is 2. The summed E-state index contributed by atoms with van der Waals surface area (Å²) in [4.78, 5) is 15.4. The first kappa shape index (κ1) is 15.6. The van der Waals surface area contributed by atoms with E-state index in [-0.39, 0.29) is 0 Å². The van der Waals surface area contributed by atoms with E-state index in [0.717, 1.165) is 49.5 Å². The third-order valence-corrected chi connectivity index (χ3v) is 4.84. The zero-order chi connectivity index (χ0) is 17.2. The predicted molar refractivity (Wildman–Crippen MR) is 96.3 cm³/mol. The molecule has 1 unspecified atom stereocenters. The molecule has 0 N–H and O–H groups in total. The highest BCUT2D eigenvalue weighted by Crippen LogP contribution is 2.30. The zero-order valence-corrected chi connectivity index (χ0v) is 14.3. The van der Waals surface area contributed by atoms with Crippen molar-refractivity contribution in [2.75, 3.05) is 18.0 Å². The van der Waals surface area contributed by atoms with E-state index in [1.54, 1.807) is 6.07 Å². The second-order valence-electron chi connectivity index (χ2n) is 6.36. The molecule has 0 amide bonds. The molecule has 0 radical (unpaired) electrons. The number of hydrogen-bond donors (Lipinski definition) is 0. The van der Waals surface area contributed by atoms with Crippen molar-refractivity contribution in [1.82, 2.24) is 19.5 Å². The van der Waals surface area contributed by atoms with Crippen LogP contribution in [-0.2, 0) is 6.42 Å². The van der Waals surface area contributed by atoms with Gasteiger partial charge in [-0.25, -0.2) is 15.0 Å². The molecule has 1 atom stereocenters. The molecule has 3 aromatic rings. The Bertz CT molecular complexity index is 938. The monoisotopic (exact) mass is 332 g/mol. The van der Waals surface area contributed by atoms with Gasteiger partial charge in [0.05, 0.1) is 17.1 Å². The van der Waals surface area contributed by atoms with Crippen LogP contribution in [0.1, 0.15) is 37.3 Å². The van der Waals surface area contributed by atoms with Crippen molar-refractivity contribution < 1.29 is 0 Å². The van der Waals surface area contributed by atoms with E-state index in [1.165, 1.54) is 11.8 Å². The van der Waals surface area contributed by atoms with Crippen LogP contribution < -0.4 is 4.90 Å². The van der Waals surface area contributed by atoms with Gasteiger partial charge < -0.3 is 9.47 Å². The second-order valence-corrected chi connectivity index (χ2v) is 6.36. The molecular formula is C19H20N6. The number of imidazole rings is 1. The van der Waals surface area contributed by atoms with Gasteiger partial charge in [0.1, 0.15) is 29.7 Å². The summed E-state index contributed by atoms with van der Waals surface area (Å²) < 4.78 is 2.40. The highest BCUT2D eigenvalue weighted by Gasteiger charge is 2.25. The zero-order valence-electron chi connectivity index (χ0n) is 14.3. The predicted octanol–water partition coefficient (Wildman–Crippen LogP) is 3.10. The van der Waals surface area contributed by atoms with E-state index in [2.05, 4.69) is 50.6 Å². The molecular weight excluding hydrogens is 312 g/mol. The standard InChI is InChI=1S/C19H20N6/c1-2-18-23-16-7-3-4-8-17(16)25(18)15-6-5-9-24(12-15)19-10-14(11-20)21-13-22-19/h3-4,7-8,10,13,15H,2,5-6,9,12H2,1H3. The Morgan fingerprint density at radius 2 is 2.16 bits per heavy atom. The smallest absolute Gasteiger partial charge is 0.145 e. The highest BCUT2D eigenvalue weighted by atomic mass is 15.2. The van der Waals surface area contributed by atoms with Gasteiger partial charge in [-0.2, -0.15) is 5.26 Å². The molecule has 0 spiro atoms. The molecule has 6 heteroatoms. The Morgan fingerprint density at radius 1 is 1.28 bits per heavy atom. The maximum Gasteiger partial charge on any atom is 0.145 e. The minimum absolute atomic E-state index is 0.358. The van der Waals surface area contributed by atoms with Crippen LogP contribution in [0.4, 0.5) is 5.82 Å². The summed E-state index contributed by atoms with van der Waals surface area (Å²) in [5.41, 5.74) is 2.67. The molecule has 3 heterocycles. The van der Waals surface area contributed by atoms with Crippen molar-refractivity contribution >= 4 is 16.9 Å². The molecule has 4 rings (SSSR count). The van der Waals surface area contributed by atoms with E-state index in [9.17, 15) is 0 Å². The van der Waals surface area contributed by atoms with Crippen LogP contribution in [0.25, 0.3) is 11.0 Å². The summed E-state index contributed by atoms with van der Waals surface area (Å²) in [6, 6.07) is 12.6. The molecule has 25 heavy (non-hydrogen) atoms. The minimum atomic E-state index is 0.358. The lowest BCUT2D eigenvalue weighted by Gasteiger charge is -2.35. The Labute approximate surface area is 146 Å². The van der Waals surface area contributed by atoms with E-state index < -0.39 is 0 Å². The number of nitriles is 1. The highest BCUT2D eigenvalue weighted by molar-refractivity contribution is 5.76. The molecule has 0 bridgehead atoms. The molecule has 1 fully saturated rings. The Balaban J connectivity index is 1.69. The molecule has 1 aliphatic rings. The van der Waals surface area contributed by atoms with Crippen LogP contribution in [0.5, 0.6) is 0 Å². The van der Waals surface area contributed by atoms with Gasteiger partial charge in [-0.15, -0.1) is 0 Å². The van der Waals surface area contributed by atoms with Crippen LogP contribution in [0.2, 0.25) is 0 Å². The maximum absolute atomic E-state index is 9.08. The number of piperidine rings is 1. The Hall–Kier alpha value is -2.94. The van der Waals surface area contributed by atoms with Crippen LogP contribution in [0, 0.1) is 11.3 Å². The van der Waals surface area contributed by atoms with Crippen molar-refractivity contribution in [2.45, 2.75) is 32.2 Å². The van der Waals surface area contributed by atoms with Gasteiger partial charge in [0.25, 0.3) is 0 Å². The van der Waals surface area contributed by atoms with Crippen molar-refractivity contribution in [1.29, 1.82) is 5.26 Å². The fourth-order valence-corrected chi connectivity index (χ4v) is 3.71. The summed E-state index contributed by atoms with van der Waals surface area (Å²) in [7, 11) is 0. The fraction of sp³-hybridized carbons (Fsp3) is 0.368. The van der Waals surface area contributed by atoms with Gasteiger partial charge >= 0.3 is 0 Å². The number of benzene rings is 1. The van der Waals surface area contributed by atoms with Crippen LogP contribution in [0.3, 0.4) is 0 Å². The molecule has 2 aromatic heterocycles. The first-order valence-corrected chi connectivity index (χ1v) is 8.73. The first-order valence-electron chi connectivity index (χ1n) is 8.73. The van der Waals surface area contributed by atoms with Crippen molar-refractivity contribution in [2.24, 2.45) is 0 Å². The molecule has 1 aromatic carbocycles. The summed E-state index contributed by atoms with van der Waals surface area (Å²) in [5.74, 6) is 1.96. The lowest BCUT2D eigenvalue weighted by atomic mass is 10.0. The summed E-state index contributed by atoms with van der Waals surface area (Å²) in [5, 5.41) is 9.08. The largest absolute Gasteiger partial charge is 0.354 e. The molecule has 126 valence electrons. The molecule has 0 aliphatic carbocycles. The van der Waals surface area contributed by atoms with Crippen molar-refractivity contribution in [3.63, 3.8) is 0 Å². The van der Waals surface area contributed by atoms with Gasteiger partial charge in [-0.3, -0.25) is 0 Å². The van der Waals surface area contributed by atoms with Crippen molar-refractivity contribution in [3.8, 4) is 6.07 Å². The number of nitrogens with zero attached hydrogens (tertiary/aromatic N) is 6. The van der Waals surface area contributed by atoms with E-state index in [4.69, 9.17) is 10.2 Å². The van der Waals surface area contributed by atoms with E-state index >= 15 is 0 Å². The topological polar surface area (TPSA) is 70.6 Å². The van der Waals surface area contributed by atoms with Gasteiger partial charge in [0.2, 0.25) is 0 Å².